The number of carbonyl (C=O) groups excluding carboxylic acids is 1. The van der Waals surface area contributed by atoms with Gasteiger partial charge < -0.3 is 18.9 Å². The number of methoxy groups -OCH3 is 1. The van der Waals surface area contributed by atoms with E-state index in [-0.39, 0.29) is 11.7 Å². The topological polar surface area (TPSA) is 64.8 Å². The van der Waals surface area contributed by atoms with E-state index in [0.29, 0.717) is 25.6 Å². The van der Waals surface area contributed by atoms with Gasteiger partial charge in [-0.2, -0.15) is 0 Å². The minimum absolute atomic E-state index is 0.182. The minimum Gasteiger partial charge on any atom is -0.497 e. The van der Waals surface area contributed by atoms with Crippen LogP contribution in [0.4, 0.5) is 0 Å². The number of rotatable bonds is 5. The van der Waals surface area contributed by atoms with Crippen molar-refractivity contribution in [3.63, 3.8) is 0 Å². The standard InChI is InChI=1S/C21H20N2O4/c1-25-18-8-7-17-13-23(10-9-16(17)11-18)21(24)19-12-20(22-27-19)26-14-15-5-3-2-4-6-15/h2-8,11-12H,9-10,13-14H2,1H3. The molecule has 0 bridgehead atoms. The molecule has 1 aliphatic rings. The molecule has 2 heterocycles. The second-order valence-corrected chi connectivity index (χ2v) is 6.42. The van der Waals surface area contributed by atoms with Gasteiger partial charge in [0.15, 0.2) is 0 Å². The van der Waals surface area contributed by atoms with Gasteiger partial charge in [0.1, 0.15) is 12.4 Å². The average molecular weight is 364 g/mol. The summed E-state index contributed by atoms with van der Waals surface area (Å²) in [4.78, 5) is 14.5. The van der Waals surface area contributed by atoms with Crippen LogP contribution in [0.1, 0.15) is 27.2 Å². The largest absolute Gasteiger partial charge is 0.497 e. The number of carbonyl (C=O) groups is 1. The van der Waals surface area contributed by atoms with Crippen LogP contribution in [0.15, 0.2) is 59.1 Å². The molecule has 0 saturated carbocycles. The molecule has 1 aliphatic heterocycles. The molecular weight excluding hydrogens is 344 g/mol. The molecule has 0 spiro atoms. The summed E-state index contributed by atoms with van der Waals surface area (Å²) in [5.74, 6) is 1.15. The zero-order valence-electron chi connectivity index (χ0n) is 15.1. The van der Waals surface area contributed by atoms with Crippen molar-refractivity contribution in [3.05, 3.63) is 77.0 Å². The van der Waals surface area contributed by atoms with Crippen molar-refractivity contribution in [2.75, 3.05) is 13.7 Å². The quantitative estimate of drug-likeness (QED) is 0.694. The van der Waals surface area contributed by atoms with Crippen molar-refractivity contribution in [2.24, 2.45) is 0 Å². The van der Waals surface area contributed by atoms with Crippen molar-refractivity contribution in [1.82, 2.24) is 10.1 Å². The molecule has 6 nitrogen and oxygen atoms in total. The smallest absolute Gasteiger partial charge is 0.292 e. The Morgan fingerprint density at radius 3 is 2.81 bits per heavy atom. The Kier molecular flexibility index (Phi) is 4.78. The molecule has 1 amide bonds. The first-order valence-corrected chi connectivity index (χ1v) is 8.81. The monoisotopic (exact) mass is 364 g/mol. The van der Waals surface area contributed by atoms with E-state index < -0.39 is 0 Å². The van der Waals surface area contributed by atoms with Crippen molar-refractivity contribution in [3.8, 4) is 11.6 Å². The maximum Gasteiger partial charge on any atom is 0.292 e. The Hall–Kier alpha value is -3.28. The van der Waals surface area contributed by atoms with Crippen LogP contribution < -0.4 is 9.47 Å². The predicted octanol–water partition coefficient (Wildman–Crippen LogP) is 3.46. The first kappa shape index (κ1) is 17.1. The maximum atomic E-state index is 12.7. The molecular formula is C21H20N2O4. The summed E-state index contributed by atoms with van der Waals surface area (Å²) < 4.78 is 16.1. The van der Waals surface area contributed by atoms with Crippen LogP contribution in [0.5, 0.6) is 11.6 Å². The lowest BCUT2D eigenvalue weighted by Gasteiger charge is -2.28. The van der Waals surface area contributed by atoms with Gasteiger partial charge in [-0.25, -0.2) is 0 Å². The molecule has 0 atom stereocenters. The van der Waals surface area contributed by atoms with Crippen LogP contribution in [0.2, 0.25) is 0 Å². The fraction of sp³-hybridized carbons (Fsp3) is 0.238. The zero-order valence-corrected chi connectivity index (χ0v) is 15.1. The molecule has 0 saturated heterocycles. The van der Waals surface area contributed by atoms with E-state index in [1.807, 2.05) is 48.5 Å². The highest BCUT2D eigenvalue weighted by Crippen LogP contribution is 2.25. The highest BCUT2D eigenvalue weighted by atomic mass is 16.5. The van der Waals surface area contributed by atoms with Crippen molar-refractivity contribution >= 4 is 5.91 Å². The van der Waals surface area contributed by atoms with Crippen LogP contribution >= 0.6 is 0 Å². The number of aromatic nitrogens is 1. The van der Waals surface area contributed by atoms with E-state index in [0.717, 1.165) is 23.3 Å². The van der Waals surface area contributed by atoms with Gasteiger partial charge in [-0.05, 0) is 40.4 Å². The molecule has 138 valence electrons. The number of nitrogens with zero attached hydrogens (tertiary/aromatic N) is 2. The summed E-state index contributed by atoms with van der Waals surface area (Å²) >= 11 is 0. The molecule has 6 heteroatoms. The molecule has 3 aromatic rings. The maximum absolute atomic E-state index is 12.7. The van der Waals surface area contributed by atoms with Gasteiger partial charge in [-0.15, -0.1) is 0 Å². The van der Waals surface area contributed by atoms with Crippen LogP contribution in [0.3, 0.4) is 0 Å². The molecule has 0 fully saturated rings. The zero-order chi connectivity index (χ0) is 18.6. The fourth-order valence-electron chi connectivity index (χ4n) is 3.14. The Morgan fingerprint density at radius 2 is 2.00 bits per heavy atom. The first-order valence-electron chi connectivity index (χ1n) is 8.81. The van der Waals surface area contributed by atoms with E-state index >= 15 is 0 Å². The molecule has 0 unspecified atom stereocenters. The van der Waals surface area contributed by atoms with E-state index in [4.69, 9.17) is 14.0 Å². The Bertz CT molecular complexity index is 936. The van der Waals surface area contributed by atoms with Crippen LogP contribution in [0, 0.1) is 0 Å². The van der Waals surface area contributed by atoms with Gasteiger partial charge in [0.2, 0.25) is 5.76 Å². The lowest BCUT2D eigenvalue weighted by molar-refractivity contribution is 0.0692. The Morgan fingerprint density at radius 1 is 1.15 bits per heavy atom. The van der Waals surface area contributed by atoms with E-state index in [1.54, 1.807) is 18.1 Å². The second kappa shape index (κ2) is 7.53. The number of amides is 1. The summed E-state index contributed by atoms with van der Waals surface area (Å²) in [7, 11) is 1.65. The third kappa shape index (κ3) is 3.79. The summed E-state index contributed by atoms with van der Waals surface area (Å²) in [5, 5.41) is 3.85. The summed E-state index contributed by atoms with van der Waals surface area (Å²) in [5.41, 5.74) is 3.36. The molecule has 1 aromatic heterocycles. The van der Waals surface area contributed by atoms with Gasteiger partial charge in [-0.3, -0.25) is 4.79 Å². The Labute approximate surface area is 157 Å². The lowest BCUT2D eigenvalue weighted by atomic mass is 9.99. The highest BCUT2D eigenvalue weighted by Gasteiger charge is 2.25. The third-order valence-electron chi connectivity index (χ3n) is 4.64. The third-order valence-corrected chi connectivity index (χ3v) is 4.64. The average Bonchev–Trinajstić information content (AvgIpc) is 3.20. The number of hydrogen-bond donors (Lipinski definition) is 0. The minimum atomic E-state index is -0.182. The van der Waals surface area contributed by atoms with Gasteiger partial charge in [0.25, 0.3) is 11.8 Å². The summed E-state index contributed by atoms with van der Waals surface area (Å²) in [6, 6.07) is 17.3. The van der Waals surface area contributed by atoms with Crippen molar-refractivity contribution in [2.45, 2.75) is 19.6 Å². The van der Waals surface area contributed by atoms with Gasteiger partial charge in [-0.1, -0.05) is 36.4 Å². The van der Waals surface area contributed by atoms with Gasteiger partial charge >= 0.3 is 0 Å². The molecule has 27 heavy (non-hydrogen) atoms. The van der Waals surface area contributed by atoms with Crippen molar-refractivity contribution in [1.29, 1.82) is 0 Å². The lowest BCUT2D eigenvalue weighted by Crippen LogP contribution is -2.35. The van der Waals surface area contributed by atoms with Crippen LogP contribution in [-0.2, 0) is 19.6 Å². The first-order chi connectivity index (χ1) is 13.2. The normalized spacial score (nSPS) is 13.1. The number of fused-ring (bicyclic) bond motifs is 1. The predicted molar refractivity (Wildman–Crippen MR) is 98.7 cm³/mol. The fourth-order valence-corrected chi connectivity index (χ4v) is 3.14. The second-order valence-electron chi connectivity index (χ2n) is 6.42. The van der Waals surface area contributed by atoms with Crippen LogP contribution in [-0.4, -0.2) is 29.6 Å². The van der Waals surface area contributed by atoms with E-state index in [2.05, 4.69) is 5.16 Å². The molecule has 0 aliphatic carbocycles. The number of benzene rings is 2. The molecule has 2 aromatic carbocycles. The van der Waals surface area contributed by atoms with Crippen molar-refractivity contribution < 1.29 is 18.8 Å². The van der Waals surface area contributed by atoms with Gasteiger partial charge in [0.05, 0.1) is 13.2 Å². The van der Waals surface area contributed by atoms with Gasteiger partial charge in [0, 0.05) is 13.1 Å². The number of ether oxygens (including phenoxy) is 2. The highest BCUT2D eigenvalue weighted by molar-refractivity contribution is 5.91. The molecule has 4 rings (SSSR count). The van der Waals surface area contributed by atoms with E-state index in [9.17, 15) is 4.79 Å². The number of hydrogen-bond acceptors (Lipinski definition) is 5. The summed E-state index contributed by atoms with van der Waals surface area (Å²) in [6.45, 7) is 1.54. The van der Waals surface area contributed by atoms with E-state index in [1.165, 1.54) is 5.56 Å². The molecule has 0 radical (unpaired) electrons. The SMILES string of the molecule is COc1ccc2c(c1)CCN(C(=O)c1cc(OCc3ccccc3)no1)C2. The summed E-state index contributed by atoms with van der Waals surface area (Å²) in [6.07, 6.45) is 0.782. The Balaban J connectivity index is 1.40. The molecule has 0 N–H and O–H groups in total. The van der Waals surface area contributed by atoms with Crippen LogP contribution in [0.25, 0.3) is 0 Å².